The van der Waals surface area contributed by atoms with Crippen molar-refractivity contribution in [2.24, 2.45) is 0 Å². The van der Waals surface area contributed by atoms with Gasteiger partial charge in [0.15, 0.2) is 0 Å². The lowest BCUT2D eigenvalue weighted by Crippen LogP contribution is -2.44. The van der Waals surface area contributed by atoms with Crippen LogP contribution in [0.1, 0.15) is 50.3 Å². The summed E-state index contributed by atoms with van der Waals surface area (Å²) in [6, 6.07) is 17.6. The number of hydrogen-bond acceptors (Lipinski definition) is 0. The van der Waals surface area contributed by atoms with Gasteiger partial charge in [0.25, 0.3) is 0 Å². The van der Waals surface area contributed by atoms with Gasteiger partial charge in [-0.1, -0.05) is 91.6 Å². The standard InChI is InChI=1S/C21H30Si/c1-5-8-11-18-14-15-20(17(4)16-18)22(7-3)21-13-10-9-12-19(21)6-2/h9-10,12-16,22H,5-8,11H2,1-4H3. The summed E-state index contributed by atoms with van der Waals surface area (Å²) in [5.41, 5.74) is 4.57. The van der Waals surface area contributed by atoms with Crippen molar-refractivity contribution in [2.45, 2.75) is 59.4 Å². The summed E-state index contributed by atoms with van der Waals surface area (Å²) in [4.78, 5) is 0. The highest BCUT2D eigenvalue weighted by atomic mass is 28.3. The fourth-order valence-corrected chi connectivity index (χ4v) is 6.74. The quantitative estimate of drug-likeness (QED) is 0.670. The third-order valence-electron chi connectivity index (χ3n) is 4.75. The van der Waals surface area contributed by atoms with Crippen LogP contribution in [-0.2, 0) is 12.8 Å². The zero-order valence-corrected chi connectivity index (χ0v) is 15.8. The fourth-order valence-electron chi connectivity index (χ4n) is 3.47. The van der Waals surface area contributed by atoms with Gasteiger partial charge in [-0.3, -0.25) is 0 Å². The van der Waals surface area contributed by atoms with Crippen molar-refractivity contribution in [1.29, 1.82) is 0 Å². The number of rotatable bonds is 7. The van der Waals surface area contributed by atoms with Gasteiger partial charge in [0.05, 0.1) is 0 Å². The molecule has 0 fully saturated rings. The topological polar surface area (TPSA) is 0 Å². The Kier molecular flexibility index (Phi) is 6.44. The maximum absolute atomic E-state index is 2.44. The van der Waals surface area contributed by atoms with Crippen LogP contribution in [0.4, 0.5) is 0 Å². The van der Waals surface area contributed by atoms with E-state index in [4.69, 9.17) is 0 Å². The first kappa shape index (κ1) is 17.0. The lowest BCUT2D eigenvalue weighted by Gasteiger charge is -2.20. The Hall–Kier alpha value is -1.34. The van der Waals surface area contributed by atoms with Gasteiger partial charge in [-0.15, -0.1) is 0 Å². The van der Waals surface area contributed by atoms with Crippen LogP contribution >= 0.6 is 0 Å². The predicted molar refractivity (Wildman–Crippen MR) is 103 cm³/mol. The van der Waals surface area contributed by atoms with Gasteiger partial charge >= 0.3 is 0 Å². The Morgan fingerprint density at radius 1 is 0.909 bits per heavy atom. The van der Waals surface area contributed by atoms with Gasteiger partial charge in [0.2, 0.25) is 0 Å². The molecule has 1 unspecified atom stereocenters. The minimum absolute atomic E-state index is 1.07. The van der Waals surface area contributed by atoms with Crippen molar-refractivity contribution < 1.29 is 0 Å². The third-order valence-corrected chi connectivity index (χ3v) is 8.28. The molecule has 0 saturated carbocycles. The van der Waals surface area contributed by atoms with E-state index in [2.05, 4.69) is 70.2 Å². The van der Waals surface area contributed by atoms with Crippen LogP contribution in [0.2, 0.25) is 6.04 Å². The molecule has 0 nitrogen and oxygen atoms in total. The van der Waals surface area contributed by atoms with E-state index in [0.717, 1.165) is 6.42 Å². The van der Waals surface area contributed by atoms with E-state index in [0.29, 0.717) is 0 Å². The van der Waals surface area contributed by atoms with Gasteiger partial charge in [-0.05, 0) is 37.3 Å². The van der Waals surface area contributed by atoms with Crippen LogP contribution in [0.25, 0.3) is 0 Å². The second-order valence-corrected chi connectivity index (χ2v) is 9.47. The SMILES string of the molecule is CCCCc1ccc([SiH](CC)c2ccccc2CC)c(C)c1. The molecule has 2 aromatic rings. The molecule has 0 heterocycles. The molecule has 0 amide bonds. The summed E-state index contributed by atoms with van der Waals surface area (Å²) in [5, 5.41) is 3.29. The molecule has 118 valence electrons. The lowest BCUT2D eigenvalue weighted by atomic mass is 10.1. The van der Waals surface area contributed by atoms with Crippen molar-refractivity contribution >= 4 is 19.2 Å². The molecular weight excluding hydrogens is 280 g/mol. The molecule has 0 aliphatic rings. The molecule has 2 rings (SSSR count). The first-order valence-electron chi connectivity index (χ1n) is 8.88. The molecule has 0 aliphatic heterocycles. The third kappa shape index (κ3) is 3.89. The second-order valence-electron chi connectivity index (χ2n) is 6.31. The monoisotopic (exact) mass is 310 g/mol. The van der Waals surface area contributed by atoms with Crippen molar-refractivity contribution in [1.82, 2.24) is 0 Å². The Morgan fingerprint density at radius 2 is 1.68 bits per heavy atom. The Morgan fingerprint density at radius 3 is 2.32 bits per heavy atom. The highest BCUT2D eigenvalue weighted by molar-refractivity contribution is 6.85. The van der Waals surface area contributed by atoms with Crippen LogP contribution < -0.4 is 10.4 Å². The smallest absolute Gasteiger partial charge is 0.0674 e. The summed E-state index contributed by atoms with van der Waals surface area (Å²) >= 11 is 0. The molecule has 0 radical (unpaired) electrons. The Bertz CT molecular complexity index is 601. The number of aryl methyl sites for hydroxylation is 3. The first-order chi connectivity index (χ1) is 10.7. The molecule has 0 aliphatic carbocycles. The van der Waals surface area contributed by atoms with Gasteiger partial charge < -0.3 is 0 Å². The van der Waals surface area contributed by atoms with E-state index in [1.54, 1.807) is 15.9 Å². The van der Waals surface area contributed by atoms with E-state index >= 15 is 0 Å². The minimum atomic E-state index is -1.07. The number of unbranched alkanes of at least 4 members (excludes halogenated alkanes) is 1. The van der Waals surface area contributed by atoms with Crippen LogP contribution in [0.15, 0.2) is 42.5 Å². The van der Waals surface area contributed by atoms with E-state index in [1.165, 1.54) is 36.4 Å². The molecule has 1 atom stereocenters. The fraction of sp³-hybridized carbons (Fsp3) is 0.429. The maximum Gasteiger partial charge on any atom is 0.103 e. The van der Waals surface area contributed by atoms with Gasteiger partial charge in [0, 0.05) is 0 Å². The van der Waals surface area contributed by atoms with Gasteiger partial charge in [-0.25, -0.2) is 0 Å². The average Bonchev–Trinajstić information content (AvgIpc) is 2.55. The van der Waals surface area contributed by atoms with Crippen molar-refractivity contribution in [2.75, 3.05) is 0 Å². The van der Waals surface area contributed by atoms with Crippen LogP contribution in [-0.4, -0.2) is 8.80 Å². The summed E-state index contributed by atoms with van der Waals surface area (Å²) in [7, 11) is -1.07. The summed E-state index contributed by atoms with van der Waals surface area (Å²) in [6.07, 6.45) is 4.94. The molecule has 1 heteroatoms. The molecular formula is C21H30Si. The first-order valence-corrected chi connectivity index (χ1v) is 10.9. The van der Waals surface area contributed by atoms with Crippen molar-refractivity contribution in [3.63, 3.8) is 0 Å². The van der Waals surface area contributed by atoms with Crippen LogP contribution in [0.3, 0.4) is 0 Å². The minimum Gasteiger partial charge on any atom is -0.0674 e. The molecule has 0 saturated heterocycles. The normalized spacial score (nSPS) is 12.4. The van der Waals surface area contributed by atoms with E-state index < -0.39 is 8.80 Å². The summed E-state index contributed by atoms with van der Waals surface area (Å²) < 4.78 is 0. The van der Waals surface area contributed by atoms with Gasteiger partial charge in [-0.2, -0.15) is 0 Å². The zero-order valence-electron chi connectivity index (χ0n) is 14.7. The molecule has 0 spiro atoms. The number of hydrogen-bond donors (Lipinski definition) is 0. The van der Waals surface area contributed by atoms with Crippen molar-refractivity contribution in [3.05, 3.63) is 59.2 Å². The predicted octanol–water partition coefficient (Wildman–Crippen LogP) is 4.26. The van der Waals surface area contributed by atoms with E-state index in [1.807, 2.05) is 0 Å². The van der Waals surface area contributed by atoms with Gasteiger partial charge in [0.1, 0.15) is 8.80 Å². The highest BCUT2D eigenvalue weighted by Crippen LogP contribution is 2.10. The number of benzene rings is 2. The molecule has 22 heavy (non-hydrogen) atoms. The molecule has 0 N–H and O–H groups in total. The largest absolute Gasteiger partial charge is 0.103 e. The average molecular weight is 311 g/mol. The Labute approximate surface area is 138 Å². The van der Waals surface area contributed by atoms with E-state index in [9.17, 15) is 0 Å². The highest BCUT2D eigenvalue weighted by Gasteiger charge is 2.18. The van der Waals surface area contributed by atoms with Crippen LogP contribution in [0, 0.1) is 6.92 Å². The summed E-state index contributed by atoms with van der Waals surface area (Å²) in [6.45, 7) is 9.23. The second kappa shape index (κ2) is 8.33. The van der Waals surface area contributed by atoms with E-state index in [-0.39, 0.29) is 0 Å². The molecule has 0 aromatic heterocycles. The van der Waals surface area contributed by atoms with Crippen molar-refractivity contribution in [3.8, 4) is 0 Å². The maximum atomic E-state index is 2.44. The zero-order chi connectivity index (χ0) is 15.9. The lowest BCUT2D eigenvalue weighted by molar-refractivity contribution is 0.795. The molecule has 2 aromatic carbocycles. The molecule has 0 bridgehead atoms. The Balaban J connectivity index is 2.35. The summed E-state index contributed by atoms with van der Waals surface area (Å²) in [5.74, 6) is 0. The van der Waals surface area contributed by atoms with Crippen LogP contribution in [0.5, 0.6) is 0 Å².